The maximum absolute atomic E-state index is 4.56. The van der Waals surface area contributed by atoms with E-state index in [4.69, 9.17) is 0 Å². The molecule has 0 amide bonds. The Balaban J connectivity index is 2.47. The maximum Gasteiger partial charge on any atom is 0.150 e. The summed E-state index contributed by atoms with van der Waals surface area (Å²) in [6.07, 6.45) is 1.87. The molecule has 0 saturated heterocycles. The number of hydrogen-bond donors (Lipinski definition) is 1. The number of hydrogen-bond acceptors (Lipinski definition) is 3. The Labute approximate surface area is 111 Å². The highest BCUT2D eigenvalue weighted by molar-refractivity contribution is 4.92. The van der Waals surface area contributed by atoms with Crippen LogP contribution in [0.2, 0.25) is 0 Å². The summed E-state index contributed by atoms with van der Waals surface area (Å²) in [5, 5.41) is 8.06. The third-order valence-corrected chi connectivity index (χ3v) is 2.95. The van der Waals surface area contributed by atoms with E-state index in [2.05, 4.69) is 54.7 Å². The lowest BCUT2D eigenvalue weighted by Crippen LogP contribution is -2.28. The fourth-order valence-electron chi connectivity index (χ4n) is 1.96. The van der Waals surface area contributed by atoms with E-state index >= 15 is 0 Å². The minimum absolute atomic E-state index is 0.584. The van der Waals surface area contributed by atoms with Crippen LogP contribution in [0.5, 0.6) is 0 Å². The van der Waals surface area contributed by atoms with Gasteiger partial charge in [-0.25, -0.2) is 9.67 Å². The van der Waals surface area contributed by atoms with Crippen LogP contribution in [0.25, 0.3) is 0 Å². The van der Waals surface area contributed by atoms with Gasteiger partial charge in [-0.2, -0.15) is 5.10 Å². The van der Waals surface area contributed by atoms with Crippen LogP contribution in [0.1, 0.15) is 46.3 Å². The third-order valence-electron chi connectivity index (χ3n) is 2.95. The molecule has 1 atom stereocenters. The van der Waals surface area contributed by atoms with Crippen LogP contribution in [-0.2, 0) is 19.4 Å². The van der Waals surface area contributed by atoms with Gasteiger partial charge in [0, 0.05) is 19.4 Å². The van der Waals surface area contributed by atoms with Gasteiger partial charge < -0.3 is 5.32 Å². The molecule has 0 aromatic carbocycles. The summed E-state index contributed by atoms with van der Waals surface area (Å²) in [7, 11) is 0. The molecule has 4 nitrogen and oxygen atoms in total. The van der Waals surface area contributed by atoms with Crippen molar-refractivity contribution in [2.24, 2.45) is 11.8 Å². The van der Waals surface area contributed by atoms with Gasteiger partial charge in [0.1, 0.15) is 5.82 Å². The van der Waals surface area contributed by atoms with Gasteiger partial charge in [0.05, 0.1) is 0 Å². The minimum atomic E-state index is 0.584. The second kappa shape index (κ2) is 7.52. The molecule has 1 heterocycles. The monoisotopic (exact) mass is 252 g/mol. The molecule has 0 bridgehead atoms. The second-order valence-electron chi connectivity index (χ2n) is 5.49. The first kappa shape index (κ1) is 15.2. The molecular formula is C14H28N4. The van der Waals surface area contributed by atoms with Crippen LogP contribution in [0, 0.1) is 11.8 Å². The first-order valence-corrected chi connectivity index (χ1v) is 7.20. The SMILES string of the molecule is CCc1nc(CC)n(CC(C)CNCC(C)C)n1. The average molecular weight is 252 g/mol. The zero-order valence-corrected chi connectivity index (χ0v) is 12.5. The molecule has 0 spiro atoms. The standard InChI is InChI=1S/C14H28N4/c1-6-13-16-14(7-2)18(17-13)10-12(5)9-15-8-11(3)4/h11-12,15H,6-10H2,1-5H3. The van der Waals surface area contributed by atoms with Gasteiger partial charge in [-0.3, -0.25) is 0 Å². The van der Waals surface area contributed by atoms with Crippen LogP contribution < -0.4 is 5.32 Å². The Morgan fingerprint density at radius 2 is 1.83 bits per heavy atom. The summed E-state index contributed by atoms with van der Waals surface area (Å²) in [5.41, 5.74) is 0. The Kier molecular flexibility index (Phi) is 6.33. The summed E-state index contributed by atoms with van der Waals surface area (Å²) in [6.45, 7) is 14.1. The fraction of sp³-hybridized carbons (Fsp3) is 0.857. The van der Waals surface area contributed by atoms with Gasteiger partial charge in [0.15, 0.2) is 5.82 Å². The van der Waals surface area contributed by atoms with E-state index in [1.165, 1.54) is 0 Å². The van der Waals surface area contributed by atoms with Gasteiger partial charge >= 0.3 is 0 Å². The van der Waals surface area contributed by atoms with Crippen LogP contribution in [0.15, 0.2) is 0 Å². The van der Waals surface area contributed by atoms with E-state index in [1.807, 2.05) is 0 Å². The highest BCUT2D eigenvalue weighted by Crippen LogP contribution is 2.05. The fourth-order valence-corrected chi connectivity index (χ4v) is 1.96. The van der Waals surface area contributed by atoms with Crippen LogP contribution in [-0.4, -0.2) is 27.9 Å². The lowest BCUT2D eigenvalue weighted by atomic mass is 10.1. The molecule has 0 radical (unpaired) electrons. The second-order valence-corrected chi connectivity index (χ2v) is 5.49. The molecule has 0 aliphatic heterocycles. The average Bonchev–Trinajstić information content (AvgIpc) is 2.70. The van der Waals surface area contributed by atoms with Crippen molar-refractivity contribution >= 4 is 0 Å². The van der Waals surface area contributed by atoms with Gasteiger partial charge in [-0.1, -0.05) is 34.6 Å². The molecule has 104 valence electrons. The van der Waals surface area contributed by atoms with E-state index < -0.39 is 0 Å². The molecule has 0 aliphatic carbocycles. The maximum atomic E-state index is 4.56. The van der Waals surface area contributed by atoms with Gasteiger partial charge in [-0.05, 0) is 24.9 Å². The summed E-state index contributed by atoms with van der Waals surface area (Å²) in [4.78, 5) is 4.54. The Bertz CT molecular complexity index is 344. The van der Waals surface area contributed by atoms with E-state index in [0.29, 0.717) is 11.8 Å². The molecule has 1 aromatic rings. The molecule has 1 rings (SSSR count). The molecule has 1 unspecified atom stereocenters. The molecule has 1 N–H and O–H groups in total. The van der Waals surface area contributed by atoms with E-state index in [1.54, 1.807) is 0 Å². The molecular weight excluding hydrogens is 224 g/mol. The molecule has 18 heavy (non-hydrogen) atoms. The van der Waals surface area contributed by atoms with Crippen LogP contribution in [0.3, 0.4) is 0 Å². The van der Waals surface area contributed by atoms with E-state index in [9.17, 15) is 0 Å². The van der Waals surface area contributed by atoms with Gasteiger partial charge in [-0.15, -0.1) is 0 Å². The van der Waals surface area contributed by atoms with Gasteiger partial charge in [0.25, 0.3) is 0 Å². The van der Waals surface area contributed by atoms with Crippen molar-refractivity contribution in [2.45, 2.75) is 54.0 Å². The lowest BCUT2D eigenvalue weighted by Gasteiger charge is -2.14. The Morgan fingerprint density at radius 3 is 2.39 bits per heavy atom. The number of aryl methyl sites for hydroxylation is 2. The van der Waals surface area contributed by atoms with E-state index in [0.717, 1.165) is 44.1 Å². The molecule has 0 fully saturated rings. The summed E-state index contributed by atoms with van der Waals surface area (Å²) >= 11 is 0. The normalized spacial score (nSPS) is 13.2. The molecule has 0 saturated carbocycles. The van der Waals surface area contributed by atoms with Crippen molar-refractivity contribution in [3.05, 3.63) is 11.6 Å². The van der Waals surface area contributed by atoms with Crippen molar-refractivity contribution < 1.29 is 0 Å². The predicted octanol–water partition coefficient (Wildman–Crippen LogP) is 2.28. The van der Waals surface area contributed by atoms with Crippen molar-refractivity contribution in [2.75, 3.05) is 13.1 Å². The summed E-state index contributed by atoms with van der Waals surface area (Å²) in [5.74, 6) is 3.37. The first-order valence-electron chi connectivity index (χ1n) is 7.20. The Hall–Kier alpha value is -0.900. The highest BCUT2D eigenvalue weighted by Gasteiger charge is 2.10. The third kappa shape index (κ3) is 4.77. The Morgan fingerprint density at radius 1 is 1.11 bits per heavy atom. The van der Waals surface area contributed by atoms with Crippen LogP contribution >= 0.6 is 0 Å². The minimum Gasteiger partial charge on any atom is -0.316 e. The van der Waals surface area contributed by atoms with Crippen molar-refractivity contribution in [3.8, 4) is 0 Å². The summed E-state index contributed by atoms with van der Waals surface area (Å²) < 4.78 is 2.08. The summed E-state index contributed by atoms with van der Waals surface area (Å²) in [6, 6.07) is 0. The van der Waals surface area contributed by atoms with Crippen LogP contribution in [0.4, 0.5) is 0 Å². The highest BCUT2D eigenvalue weighted by atomic mass is 15.3. The van der Waals surface area contributed by atoms with E-state index in [-0.39, 0.29) is 0 Å². The number of nitrogens with one attached hydrogen (secondary N) is 1. The van der Waals surface area contributed by atoms with Crippen molar-refractivity contribution in [1.82, 2.24) is 20.1 Å². The first-order chi connectivity index (χ1) is 8.56. The van der Waals surface area contributed by atoms with Crippen molar-refractivity contribution in [1.29, 1.82) is 0 Å². The zero-order chi connectivity index (χ0) is 13.5. The number of aromatic nitrogens is 3. The predicted molar refractivity (Wildman–Crippen MR) is 75.6 cm³/mol. The smallest absolute Gasteiger partial charge is 0.150 e. The van der Waals surface area contributed by atoms with Gasteiger partial charge in [0.2, 0.25) is 0 Å². The molecule has 4 heteroatoms. The quantitative estimate of drug-likeness (QED) is 0.772. The molecule has 1 aromatic heterocycles. The topological polar surface area (TPSA) is 42.7 Å². The largest absolute Gasteiger partial charge is 0.316 e. The number of nitrogens with zero attached hydrogens (tertiary/aromatic N) is 3. The van der Waals surface area contributed by atoms with Crippen molar-refractivity contribution in [3.63, 3.8) is 0 Å². The zero-order valence-electron chi connectivity index (χ0n) is 12.5. The molecule has 0 aliphatic rings. The number of rotatable bonds is 8. The lowest BCUT2D eigenvalue weighted by molar-refractivity contribution is 0.401.